The van der Waals surface area contributed by atoms with Crippen LogP contribution in [-0.2, 0) is 4.79 Å². The molecule has 1 aromatic rings. The van der Waals surface area contributed by atoms with Crippen molar-refractivity contribution < 1.29 is 14.6 Å². The molecule has 1 aliphatic carbocycles. The Morgan fingerprint density at radius 3 is 2.42 bits per heavy atom. The molecular formula is C19H28N2O3. The maximum absolute atomic E-state index is 12.1. The number of piperazine rings is 1. The molecule has 5 heteroatoms. The zero-order valence-electron chi connectivity index (χ0n) is 14.7. The number of nitrogens with zero attached hydrogens (tertiary/aromatic N) is 2. The smallest absolute Gasteiger partial charge is 0.225 e. The largest absolute Gasteiger partial charge is 0.490 e. The number of hydrogen-bond acceptors (Lipinski definition) is 4. The van der Waals surface area contributed by atoms with Gasteiger partial charge in [-0.3, -0.25) is 9.69 Å². The molecule has 1 aromatic carbocycles. The molecule has 1 saturated carbocycles. The van der Waals surface area contributed by atoms with E-state index in [2.05, 4.69) is 4.90 Å². The number of aliphatic hydroxyl groups is 1. The predicted octanol–water partition coefficient (Wildman–Crippen LogP) is 1.60. The standard InChI is InChI=1S/C19H28N2O3/c1-14-4-3-5-15(2)18(14)24-13-17(22)12-20-8-10-21(11-9-20)19(23)16-6-7-16/h3-5,16-17,22H,6-13H2,1-2H3/t17-/m1/s1. The molecule has 5 nitrogen and oxygen atoms in total. The number of para-hydroxylation sites is 1. The second kappa shape index (κ2) is 7.53. The van der Waals surface area contributed by atoms with E-state index in [4.69, 9.17) is 4.74 Å². The van der Waals surface area contributed by atoms with E-state index in [1.165, 1.54) is 0 Å². The molecule has 132 valence electrons. The number of carbonyl (C=O) groups is 1. The van der Waals surface area contributed by atoms with Gasteiger partial charge in [0.15, 0.2) is 0 Å². The number of hydrogen-bond donors (Lipinski definition) is 1. The lowest BCUT2D eigenvalue weighted by molar-refractivity contribution is -0.134. The summed E-state index contributed by atoms with van der Waals surface area (Å²) in [5.41, 5.74) is 2.18. The number of benzene rings is 1. The molecule has 2 fully saturated rings. The molecule has 0 aromatic heterocycles. The fourth-order valence-corrected chi connectivity index (χ4v) is 3.30. The first-order valence-corrected chi connectivity index (χ1v) is 8.93. The zero-order chi connectivity index (χ0) is 17.1. The van der Waals surface area contributed by atoms with Crippen LogP contribution < -0.4 is 4.74 Å². The Kier molecular flexibility index (Phi) is 5.41. The van der Waals surface area contributed by atoms with Gasteiger partial charge in [0.25, 0.3) is 0 Å². The van der Waals surface area contributed by atoms with Crippen LogP contribution in [0.2, 0.25) is 0 Å². The predicted molar refractivity (Wildman–Crippen MR) is 93.2 cm³/mol. The van der Waals surface area contributed by atoms with Gasteiger partial charge in [-0.25, -0.2) is 0 Å². The fourth-order valence-electron chi connectivity index (χ4n) is 3.30. The highest BCUT2D eigenvalue weighted by atomic mass is 16.5. The molecule has 1 aliphatic heterocycles. The fraction of sp³-hybridized carbons (Fsp3) is 0.632. The summed E-state index contributed by atoms with van der Waals surface area (Å²) in [6.07, 6.45) is 1.61. The van der Waals surface area contributed by atoms with E-state index in [9.17, 15) is 9.90 Å². The average molecular weight is 332 g/mol. The molecule has 1 heterocycles. The summed E-state index contributed by atoms with van der Waals surface area (Å²) in [6.45, 7) is 8.15. The number of carbonyl (C=O) groups excluding carboxylic acids is 1. The minimum Gasteiger partial charge on any atom is -0.490 e. The average Bonchev–Trinajstić information content (AvgIpc) is 3.39. The molecular weight excluding hydrogens is 304 g/mol. The molecule has 1 saturated heterocycles. The number of aliphatic hydroxyl groups excluding tert-OH is 1. The molecule has 3 rings (SSSR count). The molecule has 2 aliphatic rings. The summed E-state index contributed by atoms with van der Waals surface area (Å²) in [4.78, 5) is 16.2. The lowest BCUT2D eigenvalue weighted by Crippen LogP contribution is -2.51. The molecule has 0 radical (unpaired) electrons. The number of rotatable bonds is 6. The van der Waals surface area contributed by atoms with Crippen LogP contribution in [0.1, 0.15) is 24.0 Å². The Hall–Kier alpha value is -1.59. The van der Waals surface area contributed by atoms with E-state index in [1.54, 1.807) is 0 Å². The Balaban J connectivity index is 1.41. The van der Waals surface area contributed by atoms with Crippen molar-refractivity contribution >= 4 is 5.91 Å². The van der Waals surface area contributed by atoms with E-state index in [-0.39, 0.29) is 0 Å². The lowest BCUT2D eigenvalue weighted by atomic mass is 10.1. The summed E-state index contributed by atoms with van der Waals surface area (Å²) >= 11 is 0. The molecule has 1 N–H and O–H groups in total. The highest BCUT2D eigenvalue weighted by Crippen LogP contribution is 2.31. The monoisotopic (exact) mass is 332 g/mol. The minimum absolute atomic E-state index is 0.299. The third-order valence-electron chi connectivity index (χ3n) is 4.91. The van der Waals surface area contributed by atoms with Gasteiger partial charge in [-0.2, -0.15) is 0 Å². The Morgan fingerprint density at radius 2 is 1.83 bits per heavy atom. The van der Waals surface area contributed by atoms with Crippen LogP contribution >= 0.6 is 0 Å². The zero-order valence-corrected chi connectivity index (χ0v) is 14.7. The van der Waals surface area contributed by atoms with Crippen molar-refractivity contribution in [2.45, 2.75) is 32.8 Å². The Bertz CT molecular complexity index is 558. The highest BCUT2D eigenvalue weighted by Gasteiger charge is 2.34. The first kappa shape index (κ1) is 17.2. The number of ether oxygens (including phenoxy) is 1. The SMILES string of the molecule is Cc1cccc(C)c1OC[C@H](O)CN1CCN(C(=O)C2CC2)CC1. The minimum atomic E-state index is -0.519. The summed E-state index contributed by atoms with van der Waals surface area (Å²) in [6, 6.07) is 6.05. The Morgan fingerprint density at radius 1 is 1.21 bits per heavy atom. The van der Waals surface area contributed by atoms with E-state index in [0.717, 1.165) is 55.9 Å². The van der Waals surface area contributed by atoms with Gasteiger partial charge in [0, 0.05) is 38.6 Å². The van der Waals surface area contributed by atoms with Gasteiger partial charge in [0.2, 0.25) is 5.91 Å². The van der Waals surface area contributed by atoms with Gasteiger partial charge in [-0.1, -0.05) is 18.2 Å². The second-order valence-corrected chi connectivity index (χ2v) is 7.09. The van der Waals surface area contributed by atoms with Gasteiger partial charge >= 0.3 is 0 Å². The van der Waals surface area contributed by atoms with Crippen molar-refractivity contribution in [3.8, 4) is 5.75 Å². The van der Waals surface area contributed by atoms with Crippen LogP contribution in [0.5, 0.6) is 5.75 Å². The summed E-state index contributed by atoms with van der Waals surface area (Å²) in [5.74, 6) is 1.50. The van der Waals surface area contributed by atoms with Crippen LogP contribution in [-0.4, -0.2) is 66.2 Å². The Labute approximate surface area is 144 Å². The van der Waals surface area contributed by atoms with Crippen molar-refractivity contribution in [3.63, 3.8) is 0 Å². The van der Waals surface area contributed by atoms with Crippen molar-refractivity contribution in [1.29, 1.82) is 0 Å². The number of β-amino-alcohol motifs (C(OH)–C–C–N with tert-alkyl or cyclic N) is 1. The van der Waals surface area contributed by atoms with Crippen molar-refractivity contribution in [2.24, 2.45) is 5.92 Å². The molecule has 1 amide bonds. The van der Waals surface area contributed by atoms with Gasteiger partial charge in [0.05, 0.1) is 0 Å². The van der Waals surface area contributed by atoms with Crippen LogP contribution in [0, 0.1) is 19.8 Å². The molecule has 0 bridgehead atoms. The molecule has 1 atom stereocenters. The summed E-state index contributed by atoms with van der Waals surface area (Å²) in [7, 11) is 0. The number of amides is 1. The topological polar surface area (TPSA) is 53.0 Å². The maximum atomic E-state index is 12.1. The van der Waals surface area contributed by atoms with Gasteiger partial charge in [-0.15, -0.1) is 0 Å². The van der Waals surface area contributed by atoms with E-state index < -0.39 is 6.10 Å². The van der Waals surface area contributed by atoms with Crippen molar-refractivity contribution in [1.82, 2.24) is 9.80 Å². The summed E-state index contributed by atoms with van der Waals surface area (Å²) in [5, 5.41) is 10.3. The van der Waals surface area contributed by atoms with Crippen LogP contribution in [0.4, 0.5) is 0 Å². The van der Waals surface area contributed by atoms with Crippen molar-refractivity contribution in [3.05, 3.63) is 29.3 Å². The highest BCUT2D eigenvalue weighted by molar-refractivity contribution is 5.81. The van der Waals surface area contributed by atoms with Crippen molar-refractivity contribution in [2.75, 3.05) is 39.3 Å². The van der Waals surface area contributed by atoms with Gasteiger partial charge < -0.3 is 14.7 Å². The number of aryl methyl sites for hydroxylation is 2. The van der Waals surface area contributed by atoms with E-state index in [1.807, 2.05) is 36.9 Å². The molecule has 0 spiro atoms. The van der Waals surface area contributed by atoms with Gasteiger partial charge in [-0.05, 0) is 37.8 Å². The molecule has 24 heavy (non-hydrogen) atoms. The van der Waals surface area contributed by atoms with Crippen LogP contribution in [0.3, 0.4) is 0 Å². The van der Waals surface area contributed by atoms with Crippen LogP contribution in [0.25, 0.3) is 0 Å². The van der Waals surface area contributed by atoms with Crippen LogP contribution in [0.15, 0.2) is 18.2 Å². The first-order valence-electron chi connectivity index (χ1n) is 8.93. The lowest BCUT2D eigenvalue weighted by Gasteiger charge is -2.35. The van der Waals surface area contributed by atoms with E-state index in [0.29, 0.717) is 25.0 Å². The second-order valence-electron chi connectivity index (χ2n) is 7.09. The first-order chi connectivity index (χ1) is 11.5. The third-order valence-corrected chi connectivity index (χ3v) is 4.91. The molecule has 0 unspecified atom stereocenters. The third kappa shape index (κ3) is 4.28. The quantitative estimate of drug-likeness (QED) is 0.860. The van der Waals surface area contributed by atoms with E-state index >= 15 is 0 Å². The normalized spacial score (nSPS) is 20.0. The maximum Gasteiger partial charge on any atom is 0.225 e. The summed E-state index contributed by atoms with van der Waals surface area (Å²) < 4.78 is 5.83. The van der Waals surface area contributed by atoms with Gasteiger partial charge in [0.1, 0.15) is 18.5 Å².